The highest BCUT2D eigenvalue weighted by atomic mass is 32.2. The van der Waals surface area contributed by atoms with Gasteiger partial charge >= 0.3 is 0 Å². The Labute approximate surface area is 307 Å². The molecule has 3 N–H and O–H groups in total. The third kappa shape index (κ3) is 9.73. The molecule has 0 radical (unpaired) electrons. The van der Waals surface area contributed by atoms with Crippen LogP contribution in [0.2, 0.25) is 0 Å². The van der Waals surface area contributed by atoms with Crippen LogP contribution in [-0.4, -0.2) is 45.7 Å². The predicted octanol–water partition coefficient (Wildman–Crippen LogP) is 7.99. The lowest BCUT2D eigenvalue weighted by molar-refractivity contribution is -0.116. The molecule has 266 valence electrons. The van der Waals surface area contributed by atoms with Crippen molar-refractivity contribution in [3.05, 3.63) is 144 Å². The summed E-state index contributed by atoms with van der Waals surface area (Å²) in [4.78, 5) is 41.6. The fraction of sp³-hybridized carbons (Fsp3) is 0.146. The maximum Gasteiger partial charge on any atom is 0.272 e. The molecule has 1 atom stereocenters. The first-order valence-electron chi connectivity index (χ1n) is 16.4. The van der Waals surface area contributed by atoms with Crippen molar-refractivity contribution in [2.45, 2.75) is 17.1 Å². The van der Waals surface area contributed by atoms with Crippen LogP contribution in [0.3, 0.4) is 0 Å². The fourth-order valence-electron chi connectivity index (χ4n) is 5.15. The standard InChI is InChI=1S/C41H39N3O7S/c1-5-51-32-21-19-30(20-22-32)42-41(47)38(27-13-8-6-9-14-27)52-33-18-12-17-31(25-33)43-40(46)34(44-39(45)28-15-10-7-11-16-28)23-29-24-36(49-3)37(50-4)26-35(29)48-2/h6-26,38H,5H2,1-4H3,(H,42,47)(H,43,46)(H,44,45)/b34-23+. The van der Waals surface area contributed by atoms with Gasteiger partial charge in [0.2, 0.25) is 5.91 Å². The van der Waals surface area contributed by atoms with E-state index in [0.29, 0.717) is 52.1 Å². The van der Waals surface area contributed by atoms with Crippen molar-refractivity contribution in [1.82, 2.24) is 5.32 Å². The van der Waals surface area contributed by atoms with Crippen LogP contribution in [0.15, 0.2) is 132 Å². The Balaban J connectivity index is 1.42. The Morgan fingerprint density at radius 1 is 0.692 bits per heavy atom. The molecule has 0 saturated heterocycles. The summed E-state index contributed by atoms with van der Waals surface area (Å²) in [6.45, 7) is 2.46. The van der Waals surface area contributed by atoms with Crippen LogP contribution in [0, 0.1) is 0 Å². The van der Waals surface area contributed by atoms with Crippen molar-refractivity contribution < 1.29 is 33.3 Å². The molecule has 3 amide bonds. The topological polar surface area (TPSA) is 124 Å². The van der Waals surface area contributed by atoms with Crippen molar-refractivity contribution in [2.24, 2.45) is 0 Å². The zero-order valence-electron chi connectivity index (χ0n) is 29.2. The molecule has 0 bridgehead atoms. The van der Waals surface area contributed by atoms with Crippen LogP contribution < -0.4 is 34.9 Å². The van der Waals surface area contributed by atoms with E-state index in [1.54, 1.807) is 72.8 Å². The molecule has 52 heavy (non-hydrogen) atoms. The minimum absolute atomic E-state index is 0.0469. The first-order valence-corrected chi connectivity index (χ1v) is 17.2. The number of amides is 3. The summed E-state index contributed by atoms with van der Waals surface area (Å²) < 4.78 is 22.0. The maximum atomic E-state index is 13.9. The van der Waals surface area contributed by atoms with Gasteiger partial charge < -0.3 is 34.9 Å². The Bertz CT molecular complexity index is 2020. The average molecular weight is 718 g/mol. The van der Waals surface area contributed by atoms with Crippen molar-refractivity contribution in [1.29, 1.82) is 0 Å². The van der Waals surface area contributed by atoms with E-state index in [9.17, 15) is 14.4 Å². The zero-order chi connectivity index (χ0) is 36.9. The molecule has 0 aromatic heterocycles. The zero-order valence-corrected chi connectivity index (χ0v) is 30.0. The third-order valence-electron chi connectivity index (χ3n) is 7.68. The Morgan fingerprint density at radius 2 is 1.35 bits per heavy atom. The minimum Gasteiger partial charge on any atom is -0.496 e. The van der Waals surface area contributed by atoms with Gasteiger partial charge in [-0.2, -0.15) is 0 Å². The Kier molecular flexibility index (Phi) is 12.9. The van der Waals surface area contributed by atoms with Crippen molar-refractivity contribution in [3.8, 4) is 23.0 Å². The number of carbonyl (C=O) groups excluding carboxylic acids is 3. The van der Waals surface area contributed by atoms with Crippen LogP contribution >= 0.6 is 11.8 Å². The van der Waals surface area contributed by atoms with Crippen LogP contribution in [0.5, 0.6) is 23.0 Å². The molecule has 0 spiro atoms. The highest BCUT2D eigenvalue weighted by Crippen LogP contribution is 2.38. The normalized spacial score (nSPS) is 11.5. The van der Waals surface area contributed by atoms with E-state index in [-0.39, 0.29) is 11.6 Å². The first kappa shape index (κ1) is 37.1. The SMILES string of the molecule is CCOc1ccc(NC(=O)C(Sc2cccc(NC(=O)/C(=C\c3cc(OC)c(OC)cc3OC)NC(=O)c3ccccc3)c2)c2ccccc2)cc1. The molecule has 0 saturated carbocycles. The first-order chi connectivity index (χ1) is 25.3. The summed E-state index contributed by atoms with van der Waals surface area (Å²) in [6, 6.07) is 35.7. The molecule has 0 aliphatic carbocycles. The van der Waals surface area contributed by atoms with E-state index in [1.807, 2.05) is 55.5 Å². The second-order valence-corrected chi connectivity index (χ2v) is 12.3. The molecule has 0 fully saturated rings. The number of hydrogen-bond acceptors (Lipinski definition) is 8. The number of hydrogen-bond donors (Lipinski definition) is 3. The quantitative estimate of drug-likeness (QED) is 0.0736. The summed E-state index contributed by atoms with van der Waals surface area (Å²) in [7, 11) is 4.50. The molecule has 5 aromatic carbocycles. The summed E-state index contributed by atoms with van der Waals surface area (Å²) in [6.07, 6.45) is 1.51. The fourth-order valence-corrected chi connectivity index (χ4v) is 6.24. The molecule has 0 aliphatic rings. The van der Waals surface area contributed by atoms with Gasteiger partial charge in [0, 0.05) is 33.5 Å². The van der Waals surface area contributed by atoms with E-state index >= 15 is 0 Å². The van der Waals surface area contributed by atoms with Crippen LogP contribution in [0.1, 0.15) is 33.7 Å². The van der Waals surface area contributed by atoms with Crippen LogP contribution in [0.4, 0.5) is 11.4 Å². The van der Waals surface area contributed by atoms with E-state index in [1.165, 1.54) is 39.2 Å². The maximum absolute atomic E-state index is 13.9. The molecule has 1 unspecified atom stereocenters. The molecule has 5 aromatic rings. The molecule has 5 rings (SSSR count). The summed E-state index contributed by atoms with van der Waals surface area (Å²) in [5.41, 5.74) is 2.69. The van der Waals surface area contributed by atoms with Gasteiger partial charge in [-0.05, 0) is 79.2 Å². The molecule has 0 aliphatic heterocycles. The molecule has 11 heteroatoms. The summed E-state index contributed by atoms with van der Waals surface area (Å²) in [5.74, 6) is 0.679. The number of benzene rings is 5. The van der Waals surface area contributed by atoms with Crippen molar-refractivity contribution in [3.63, 3.8) is 0 Å². The number of nitrogens with one attached hydrogen (secondary N) is 3. The highest BCUT2D eigenvalue weighted by Gasteiger charge is 2.23. The van der Waals surface area contributed by atoms with E-state index in [0.717, 1.165) is 10.5 Å². The van der Waals surface area contributed by atoms with E-state index in [2.05, 4.69) is 16.0 Å². The monoisotopic (exact) mass is 717 g/mol. The predicted molar refractivity (Wildman–Crippen MR) is 204 cm³/mol. The largest absolute Gasteiger partial charge is 0.496 e. The van der Waals surface area contributed by atoms with Gasteiger partial charge in [-0.25, -0.2) is 0 Å². The van der Waals surface area contributed by atoms with Crippen LogP contribution in [-0.2, 0) is 9.59 Å². The van der Waals surface area contributed by atoms with Gasteiger partial charge in [0.15, 0.2) is 11.5 Å². The number of rotatable bonds is 15. The molecular weight excluding hydrogens is 679 g/mol. The van der Waals surface area contributed by atoms with Gasteiger partial charge in [0.1, 0.15) is 22.4 Å². The van der Waals surface area contributed by atoms with Crippen molar-refractivity contribution >= 4 is 46.9 Å². The number of thioether (sulfide) groups is 1. The molecule has 10 nitrogen and oxygen atoms in total. The number of methoxy groups -OCH3 is 3. The smallest absolute Gasteiger partial charge is 0.272 e. The van der Waals surface area contributed by atoms with Gasteiger partial charge in [0.25, 0.3) is 11.8 Å². The van der Waals surface area contributed by atoms with E-state index < -0.39 is 17.1 Å². The lowest BCUT2D eigenvalue weighted by atomic mass is 10.1. The third-order valence-corrected chi connectivity index (χ3v) is 8.93. The van der Waals surface area contributed by atoms with E-state index in [4.69, 9.17) is 18.9 Å². The van der Waals surface area contributed by atoms with Gasteiger partial charge in [-0.3, -0.25) is 14.4 Å². The summed E-state index contributed by atoms with van der Waals surface area (Å²) >= 11 is 1.34. The van der Waals surface area contributed by atoms with Crippen LogP contribution in [0.25, 0.3) is 6.08 Å². The number of ether oxygens (including phenoxy) is 4. The lowest BCUT2D eigenvalue weighted by Gasteiger charge is -2.18. The average Bonchev–Trinajstić information content (AvgIpc) is 3.18. The van der Waals surface area contributed by atoms with Gasteiger partial charge in [0.05, 0.1) is 27.9 Å². The minimum atomic E-state index is -0.614. The highest BCUT2D eigenvalue weighted by molar-refractivity contribution is 8.00. The number of anilines is 2. The molecule has 0 heterocycles. The van der Waals surface area contributed by atoms with Gasteiger partial charge in [-0.15, -0.1) is 11.8 Å². The summed E-state index contributed by atoms with van der Waals surface area (Å²) in [5, 5.41) is 8.05. The van der Waals surface area contributed by atoms with Crippen molar-refractivity contribution in [2.75, 3.05) is 38.6 Å². The lowest BCUT2D eigenvalue weighted by Crippen LogP contribution is -2.30. The number of carbonyl (C=O) groups is 3. The molecular formula is C41H39N3O7S. The second kappa shape index (κ2) is 18.2. The Hall–Kier alpha value is -6.20. The van der Waals surface area contributed by atoms with Gasteiger partial charge in [-0.1, -0.05) is 54.6 Å². The Morgan fingerprint density at radius 3 is 2.00 bits per heavy atom. The second-order valence-electron chi connectivity index (χ2n) is 11.2.